The smallest absolute Gasteiger partial charge is 0.416 e. The van der Waals surface area contributed by atoms with Crippen LogP contribution in [0.3, 0.4) is 0 Å². The number of methoxy groups -OCH3 is 1. The monoisotopic (exact) mass is 271 g/mol. The number of nitrogens with two attached hydrogens (primary N) is 1. The molecule has 0 amide bonds. The summed E-state index contributed by atoms with van der Waals surface area (Å²) in [6, 6.07) is 5.36. The van der Waals surface area contributed by atoms with Crippen molar-refractivity contribution in [1.82, 2.24) is 9.78 Å². The van der Waals surface area contributed by atoms with Gasteiger partial charge in [-0.3, -0.25) is 4.68 Å². The van der Waals surface area contributed by atoms with Gasteiger partial charge in [-0.2, -0.15) is 18.3 Å². The van der Waals surface area contributed by atoms with E-state index in [0.29, 0.717) is 0 Å². The van der Waals surface area contributed by atoms with E-state index in [9.17, 15) is 13.2 Å². The molecule has 102 valence electrons. The highest BCUT2D eigenvalue weighted by atomic mass is 19.4. The zero-order valence-corrected chi connectivity index (χ0v) is 10.1. The molecule has 0 fully saturated rings. The Morgan fingerprint density at radius 3 is 2.58 bits per heavy atom. The Kier molecular flexibility index (Phi) is 3.37. The van der Waals surface area contributed by atoms with Gasteiger partial charge in [-0.25, -0.2) is 0 Å². The summed E-state index contributed by atoms with van der Waals surface area (Å²) in [6.45, 7) is -0.00393. The topological polar surface area (TPSA) is 53.1 Å². The first-order chi connectivity index (χ1) is 8.90. The molecule has 1 aromatic heterocycles. The van der Waals surface area contributed by atoms with Gasteiger partial charge >= 0.3 is 6.18 Å². The average molecular weight is 271 g/mol. The van der Waals surface area contributed by atoms with E-state index in [0.717, 1.165) is 6.07 Å². The van der Waals surface area contributed by atoms with E-state index >= 15 is 0 Å². The maximum absolute atomic E-state index is 13.0. The number of benzene rings is 1. The van der Waals surface area contributed by atoms with Crippen molar-refractivity contribution in [2.24, 2.45) is 0 Å². The van der Waals surface area contributed by atoms with Crippen molar-refractivity contribution >= 4 is 5.82 Å². The Morgan fingerprint density at radius 2 is 2.05 bits per heavy atom. The van der Waals surface area contributed by atoms with Crippen LogP contribution in [0.2, 0.25) is 0 Å². The summed E-state index contributed by atoms with van der Waals surface area (Å²) in [5, 5.41) is 3.87. The maximum Gasteiger partial charge on any atom is 0.416 e. The lowest BCUT2D eigenvalue weighted by atomic mass is 10.1. The Balaban J connectivity index is 2.39. The van der Waals surface area contributed by atoms with Crippen LogP contribution in [0.25, 0.3) is 0 Å². The number of nitrogen functional groups attached to an aromatic ring is 1. The van der Waals surface area contributed by atoms with Crippen molar-refractivity contribution in [1.29, 1.82) is 0 Å². The van der Waals surface area contributed by atoms with Gasteiger partial charge in [-0.15, -0.1) is 0 Å². The molecule has 1 aromatic carbocycles. The van der Waals surface area contributed by atoms with Crippen molar-refractivity contribution in [3.8, 4) is 5.75 Å². The molecule has 0 aliphatic rings. The van der Waals surface area contributed by atoms with Crippen LogP contribution in [0.1, 0.15) is 11.1 Å². The number of aromatic nitrogens is 2. The van der Waals surface area contributed by atoms with E-state index < -0.39 is 11.7 Å². The zero-order chi connectivity index (χ0) is 14.0. The highest BCUT2D eigenvalue weighted by Gasteiger charge is 2.33. The molecular weight excluding hydrogens is 259 g/mol. The van der Waals surface area contributed by atoms with Gasteiger partial charge in [-0.1, -0.05) is 6.07 Å². The second kappa shape index (κ2) is 4.83. The second-order valence-electron chi connectivity index (χ2n) is 3.96. The van der Waals surface area contributed by atoms with E-state index in [1.807, 2.05) is 0 Å². The standard InChI is InChI=1S/C12H12F3N3O/c1-19-9-3-2-8(10(6-9)12(13,14)15)7-18-5-4-11(16)17-18/h2-6H,7H2,1H3,(H2,16,17). The number of hydrogen-bond acceptors (Lipinski definition) is 3. The third-order valence-electron chi connectivity index (χ3n) is 2.62. The highest BCUT2D eigenvalue weighted by molar-refractivity contribution is 5.38. The lowest BCUT2D eigenvalue weighted by Crippen LogP contribution is -2.12. The number of alkyl halides is 3. The van der Waals surface area contributed by atoms with Crippen molar-refractivity contribution < 1.29 is 17.9 Å². The number of ether oxygens (including phenoxy) is 1. The van der Waals surface area contributed by atoms with Gasteiger partial charge in [0.1, 0.15) is 11.6 Å². The minimum atomic E-state index is -4.44. The van der Waals surface area contributed by atoms with Crippen molar-refractivity contribution in [2.45, 2.75) is 12.7 Å². The van der Waals surface area contributed by atoms with Gasteiger partial charge in [0, 0.05) is 6.20 Å². The van der Waals surface area contributed by atoms with Gasteiger partial charge < -0.3 is 10.5 Å². The van der Waals surface area contributed by atoms with Crippen LogP contribution < -0.4 is 10.5 Å². The quantitative estimate of drug-likeness (QED) is 0.933. The summed E-state index contributed by atoms with van der Waals surface area (Å²) >= 11 is 0. The normalized spacial score (nSPS) is 11.6. The molecule has 19 heavy (non-hydrogen) atoms. The lowest BCUT2D eigenvalue weighted by Gasteiger charge is -2.14. The van der Waals surface area contributed by atoms with E-state index in [4.69, 9.17) is 10.5 Å². The Hall–Kier alpha value is -2.18. The molecule has 0 aliphatic heterocycles. The minimum absolute atomic E-state index is 0.00393. The van der Waals surface area contributed by atoms with Crippen LogP contribution in [-0.4, -0.2) is 16.9 Å². The van der Waals surface area contributed by atoms with Crippen molar-refractivity contribution in [3.63, 3.8) is 0 Å². The predicted molar refractivity (Wildman–Crippen MR) is 63.7 cm³/mol. The third-order valence-corrected chi connectivity index (χ3v) is 2.62. The van der Waals surface area contributed by atoms with E-state index in [2.05, 4.69) is 5.10 Å². The fraction of sp³-hybridized carbons (Fsp3) is 0.250. The highest BCUT2D eigenvalue weighted by Crippen LogP contribution is 2.34. The first kappa shape index (κ1) is 13.3. The van der Waals surface area contributed by atoms with Crippen LogP contribution in [0.4, 0.5) is 19.0 Å². The first-order valence-electron chi connectivity index (χ1n) is 5.43. The molecule has 2 aromatic rings. The number of rotatable bonds is 3. The van der Waals surface area contributed by atoms with Crippen LogP contribution in [0, 0.1) is 0 Å². The maximum atomic E-state index is 13.0. The summed E-state index contributed by atoms with van der Waals surface area (Å²) in [4.78, 5) is 0. The molecule has 0 saturated heterocycles. The average Bonchev–Trinajstić information content (AvgIpc) is 2.74. The summed E-state index contributed by atoms with van der Waals surface area (Å²) < 4.78 is 45.1. The summed E-state index contributed by atoms with van der Waals surface area (Å²) in [7, 11) is 1.32. The molecule has 4 nitrogen and oxygen atoms in total. The molecule has 0 atom stereocenters. The number of nitrogens with zero attached hydrogens (tertiary/aromatic N) is 2. The van der Waals surface area contributed by atoms with Crippen molar-refractivity contribution in [2.75, 3.05) is 12.8 Å². The summed E-state index contributed by atoms with van der Waals surface area (Å²) in [6.07, 6.45) is -2.91. The van der Waals surface area contributed by atoms with Crippen molar-refractivity contribution in [3.05, 3.63) is 41.6 Å². The van der Waals surface area contributed by atoms with Gasteiger partial charge in [0.25, 0.3) is 0 Å². The molecule has 0 saturated carbocycles. The SMILES string of the molecule is COc1ccc(Cn2ccc(N)n2)c(C(F)(F)F)c1. The summed E-state index contributed by atoms with van der Waals surface area (Å²) in [5.74, 6) is 0.429. The number of hydrogen-bond donors (Lipinski definition) is 1. The van der Waals surface area contributed by atoms with Gasteiger partial charge in [0.15, 0.2) is 0 Å². The molecule has 0 aliphatic carbocycles. The molecule has 0 spiro atoms. The van der Waals surface area contributed by atoms with E-state index in [-0.39, 0.29) is 23.7 Å². The molecule has 0 bridgehead atoms. The summed E-state index contributed by atoms with van der Waals surface area (Å²) in [5.41, 5.74) is 4.80. The second-order valence-corrected chi connectivity index (χ2v) is 3.96. The first-order valence-corrected chi connectivity index (χ1v) is 5.43. The van der Waals surface area contributed by atoms with Gasteiger partial charge in [0.2, 0.25) is 0 Å². The van der Waals surface area contributed by atoms with Crippen LogP contribution in [0.15, 0.2) is 30.5 Å². The Bertz CT molecular complexity index is 578. The number of halogens is 3. The molecule has 7 heteroatoms. The lowest BCUT2D eigenvalue weighted by molar-refractivity contribution is -0.138. The largest absolute Gasteiger partial charge is 0.497 e. The zero-order valence-electron chi connectivity index (χ0n) is 10.1. The Morgan fingerprint density at radius 1 is 1.32 bits per heavy atom. The van der Waals surface area contributed by atoms with Gasteiger partial charge in [0.05, 0.1) is 19.2 Å². The van der Waals surface area contributed by atoms with Gasteiger partial charge in [-0.05, 0) is 23.8 Å². The fourth-order valence-electron chi connectivity index (χ4n) is 1.72. The Labute approximate surface area is 107 Å². The molecule has 0 radical (unpaired) electrons. The van der Waals surface area contributed by atoms with E-state index in [1.165, 1.54) is 36.2 Å². The van der Waals surface area contributed by atoms with Crippen LogP contribution >= 0.6 is 0 Å². The van der Waals surface area contributed by atoms with Crippen LogP contribution in [0.5, 0.6) is 5.75 Å². The molecule has 2 N–H and O–H groups in total. The third kappa shape index (κ3) is 2.98. The molecule has 0 unspecified atom stereocenters. The predicted octanol–water partition coefficient (Wildman–Crippen LogP) is 2.54. The molecule has 2 rings (SSSR count). The van der Waals surface area contributed by atoms with Crippen LogP contribution in [-0.2, 0) is 12.7 Å². The minimum Gasteiger partial charge on any atom is -0.497 e. The molecular formula is C12H12F3N3O. The number of anilines is 1. The van der Waals surface area contributed by atoms with E-state index in [1.54, 1.807) is 0 Å². The molecule has 1 heterocycles. The fourth-order valence-corrected chi connectivity index (χ4v) is 1.72.